The molecule has 1 unspecified atom stereocenters. The lowest BCUT2D eigenvalue weighted by Gasteiger charge is -2.10. The largest absolute Gasteiger partial charge is 0.382 e. The molecule has 1 rings (SSSR count). The molecular weight excluding hydrogens is 282 g/mol. The number of hydrogen-bond donors (Lipinski definition) is 1. The minimum Gasteiger partial charge on any atom is -0.382 e. The molecule has 1 aromatic rings. The first-order chi connectivity index (χ1) is 8.13. The quantitative estimate of drug-likeness (QED) is 0.877. The summed E-state index contributed by atoms with van der Waals surface area (Å²) in [6, 6.07) is 7.87. The number of halogens is 1. The van der Waals surface area contributed by atoms with Crippen LogP contribution in [-0.4, -0.2) is 19.1 Å². The van der Waals surface area contributed by atoms with Crippen LogP contribution in [0.3, 0.4) is 0 Å². The highest BCUT2D eigenvalue weighted by Crippen LogP contribution is 2.15. The van der Waals surface area contributed by atoms with E-state index in [0.29, 0.717) is 13.0 Å². The molecule has 0 spiro atoms. The van der Waals surface area contributed by atoms with E-state index in [4.69, 9.17) is 4.74 Å². The molecule has 4 heteroatoms. The predicted octanol–water partition coefficient (Wildman–Crippen LogP) is 2.88. The van der Waals surface area contributed by atoms with Gasteiger partial charge in [-0.1, -0.05) is 34.1 Å². The van der Waals surface area contributed by atoms with Crippen LogP contribution in [0.4, 0.5) is 0 Å². The Morgan fingerprint density at radius 3 is 2.82 bits per heavy atom. The summed E-state index contributed by atoms with van der Waals surface area (Å²) in [5.74, 6) is 0.0599. The first-order valence-electron chi connectivity index (χ1n) is 5.66. The molecule has 0 radical (unpaired) electrons. The van der Waals surface area contributed by atoms with Gasteiger partial charge in [0, 0.05) is 24.5 Å². The lowest BCUT2D eigenvalue weighted by molar-refractivity contribution is -0.121. The zero-order valence-corrected chi connectivity index (χ0v) is 11.8. The summed E-state index contributed by atoms with van der Waals surface area (Å²) in [6.45, 7) is 2.52. The first-order valence-corrected chi connectivity index (χ1v) is 6.45. The molecule has 0 aliphatic rings. The number of carbonyl (C=O) groups is 1. The van der Waals surface area contributed by atoms with Gasteiger partial charge in [-0.2, -0.15) is 0 Å². The Hall–Kier alpha value is -0.870. The molecule has 0 fully saturated rings. The van der Waals surface area contributed by atoms with Gasteiger partial charge in [0.25, 0.3) is 0 Å². The van der Waals surface area contributed by atoms with Crippen molar-refractivity contribution in [2.75, 3.05) is 7.11 Å². The van der Waals surface area contributed by atoms with E-state index in [0.717, 1.165) is 16.5 Å². The molecule has 1 N–H and O–H groups in total. The third-order valence-electron chi connectivity index (χ3n) is 2.61. The Balaban J connectivity index is 2.31. The molecular formula is C13H18BrNO2. The maximum absolute atomic E-state index is 11.6. The van der Waals surface area contributed by atoms with E-state index in [1.807, 2.05) is 31.2 Å². The number of rotatable bonds is 6. The molecule has 94 valence electrons. The van der Waals surface area contributed by atoms with Crippen molar-refractivity contribution < 1.29 is 9.53 Å². The van der Waals surface area contributed by atoms with E-state index in [1.165, 1.54) is 0 Å². The van der Waals surface area contributed by atoms with Crippen LogP contribution in [0.1, 0.15) is 25.3 Å². The van der Waals surface area contributed by atoms with Crippen molar-refractivity contribution in [3.8, 4) is 0 Å². The van der Waals surface area contributed by atoms with E-state index in [2.05, 4.69) is 21.2 Å². The Morgan fingerprint density at radius 2 is 2.18 bits per heavy atom. The minimum absolute atomic E-state index is 0.0599. The monoisotopic (exact) mass is 299 g/mol. The van der Waals surface area contributed by atoms with Crippen molar-refractivity contribution in [3.63, 3.8) is 0 Å². The fourth-order valence-corrected chi connectivity index (χ4v) is 1.80. The summed E-state index contributed by atoms with van der Waals surface area (Å²) in [6.07, 6.45) is 1.38. The van der Waals surface area contributed by atoms with Gasteiger partial charge in [-0.15, -0.1) is 0 Å². The summed E-state index contributed by atoms with van der Waals surface area (Å²) in [5.41, 5.74) is 1.08. The number of nitrogens with one attached hydrogen (secondary N) is 1. The van der Waals surface area contributed by atoms with E-state index in [9.17, 15) is 4.79 Å². The zero-order valence-electron chi connectivity index (χ0n) is 10.2. The van der Waals surface area contributed by atoms with Crippen LogP contribution in [0.25, 0.3) is 0 Å². The summed E-state index contributed by atoms with van der Waals surface area (Å²) in [4.78, 5) is 11.6. The maximum atomic E-state index is 11.6. The van der Waals surface area contributed by atoms with Crippen LogP contribution in [0.2, 0.25) is 0 Å². The second kappa shape index (κ2) is 7.45. The van der Waals surface area contributed by atoms with Gasteiger partial charge in [-0.25, -0.2) is 0 Å². The molecule has 0 bridgehead atoms. The smallest absolute Gasteiger partial charge is 0.220 e. The van der Waals surface area contributed by atoms with Crippen molar-refractivity contribution in [1.82, 2.24) is 5.32 Å². The van der Waals surface area contributed by atoms with Crippen molar-refractivity contribution in [3.05, 3.63) is 34.3 Å². The maximum Gasteiger partial charge on any atom is 0.220 e. The molecule has 1 atom stereocenters. The average Bonchev–Trinajstić information content (AvgIpc) is 2.35. The van der Waals surface area contributed by atoms with Crippen molar-refractivity contribution in [1.29, 1.82) is 0 Å². The number of ether oxygens (including phenoxy) is 1. The third-order valence-corrected chi connectivity index (χ3v) is 3.39. The molecule has 0 aliphatic carbocycles. The molecule has 1 aromatic carbocycles. The fourth-order valence-electron chi connectivity index (χ4n) is 1.38. The standard InChI is InChI=1S/C13H18BrNO2/c1-10(17-2)7-8-13(16)15-9-11-5-3-4-6-12(11)14/h3-6,10H,7-9H2,1-2H3,(H,15,16). The van der Waals surface area contributed by atoms with Crippen molar-refractivity contribution in [2.24, 2.45) is 0 Å². The molecule has 0 aromatic heterocycles. The minimum atomic E-state index is 0.0599. The van der Waals surface area contributed by atoms with E-state index in [1.54, 1.807) is 7.11 Å². The lowest BCUT2D eigenvalue weighted by atomic mass is 10.2. The van der Waals surface area contributed by atoms with Crippen molar-refractivity contribution >= 4 is 21.8 Å². The van der Waals surface area contributed by atoms with Crippen LogP contribution in [0.15, 0.2) is 28.7 Å². The van der Waals surface area contributed by atoms with E-state index < -0.39 is 0 Å². The topological polar surface area (TPSA) is 38.3 Å². The summed E-state index contributed by atoms with van der Waals surface area (Å²) in [7, 11) is 1.66. The second-order valence-corrected chi connectivity index (χ2v) is 4.81. The van der Waals surface area contributed by atoms with Crippen LogP contribution >= 0.6 is 15.9 Å². The van der Waals surface area contributed by atoms with Gasteiger partial charge in [0.15, 0.2) is 0 Å². The number of amides is 1. The van der Waals surface area contributed by atoms with Gasteiger partial charge in [0.1, 0.15) is 0 Å². The van der Waals surface area contributed by atoms with E-state index >= 15 is 0 Å². The molecule has 0 aliphatic heterocycles. The molecule has 0 heterocycles. The van der Waals surface area contributed by atoms with Crippen LogP contribution in [0, 0.1) is 0 Å². The first kappa shape index (κ1) is 14.2. The van der Waals surface area contributed by atoms with Gasteiger partial charge >= 0.3 is 0 Å². The van der Waals surface area contributed by atoms with Gasteiger partial charge in [0.05, 0.1) is 6.10 Å². The van der Waals surface area contributed by atoms with Gasteiger partial charge in [-0.05, 0) is 25.0 Å². The molecule has 3 nitrogen and oxygen atoms in total. The van der Waals surface area contributed by atoms with Crippen LogP contribution in [-0.2, 0) is 16.1 Å². The molecule has 17 heavy (non-hydrogen) atoms. The van der Waals surface area contributed by atoms with E-state index in [-0.39, 0.29) is 12.0 Å². The number of methoxy groups -OCH3 is 1. The SMILES string of the molecule is COC(C)CCC(=O)NCc1ccccc1Br. The summed E-state index contributed by atoms with van der Waals surface area (Å²) < 4.78 is 6.11. The van der Waals surface area contributed by atoms with Crippen molar-refractivity contribution in [2.45, 2.75) is 32.4 Å². The highest BCUT2D eigenvalue weighted by molar-refractivity contribution is 9.10. The molecule has 1 amide bonds. The number of hydrogen-bond acceptors (Lipinski definition) is 2. The number of benzene rings is 1. The Kier molecular flexibility index (Phi) is 6.22. The Morgan fingerprint density at radius 1 is 1.47 bits per heavy atom. The van der Waals surface area contributed by atoms with Gasteiger partial charge in [-0.3, -0.25) is 4.79 Å². The lowest BCUT2D eigenvalue weighted by Crippen LogP contribution is -2.24. The van der Waals surface area contributed by atoms with Crippen LogP contribution < -0.4 is 5.32 Å². The zero-order chi connectivity index (χ0) is 12.7. The molecule has 0 saturated heterocycles. The van der Waals surface area contributed by atoms with Gasteiger partial charge in [0.2, 0.25) is 5.91 Å². The average molecular weight is 300 g/mol. The predicted molar refractivity (Wildman–Crippen MR) is 71.7 cm³/mol. The normalized spacial score (nSPS) is 12.2. The summed E-state index contributed by atoms with van der Waals surface area (Å²) in [5, 5.41) is 2.89. The Bertz CT molecular complexity index is 368. The molecule has 0 saturated carbocycles. The third kappa shape index (κ3) is 5.33. The number of carbonyl (C=O) groups excluding carboxylic acids is 1. The van der Waals surface area contributed by atoms with Gasteiger partial charge < -0.3 is 10.1 Å². The highest BCUT2D eigenvalue weighted by Gasteiger charge is 2.06. The van der Waals surface area contributed by atoms with Crippen LogP contribution in [0.5, 0.6) is 0 Å². The second-order valence-electron chi connectivity index (χ2n) is 3.95. The highest BCUT2D eigenvalue weighted by atomic mass is 79.9. The Labute approximate surface area is 111 Å². The fraction of sp³-hybridized carbons (Fsp3) is 0.462. The summed E-state index contributed by atoms with van der Waals surface area (Å²) >= 11 is 3.45.